The van der Waals surface area contributed by atoms with Crippen molar-refractivity contribution in [1.29, 1.82) is 0 Å². The molecule has 0 unspecified atom stereocenters. The number of hydrogen-bond acceptors (Lipinski definition) is 2. The van der Waals surface area contributed by atoms with Crippen molar-refractivity contribution >= 4 is 62.6 Å². The Hall–Kier alpha value is -6.38. The zero-order valence-electron chi connectivity index (χ0n) is 27.3. The Kier molecular flexibility index (Phi) is 8.19. The first-order valence-electron chi connectivity index (χ1n) is 16.8. The summed E-state index contributed by atoms with van der Waals surface area (Å²) in [6, 6.07) is 58.1. The van der Waals surface area contributed by atoms with Gasteiger partial charge in [-0.2, -0.15) is 0 Å². The molecule has 7 aromatic rings. The van der Waals surface area contributed by atoms with Gasteiger partial charge < -0.3 is 9.80 Å². The molecule has 1 aliphatic carbocycles. The van der Waals surface area contributed by atoms with Crippen molar-refractivity contribution in [1.82, 2.24) is 0 Å². The van der Waals surface area contributed by atoms with E-state index < -0.39 is 0 Å². The molecule has 0 N–H and O–H groups in total. The molecule has 0 bridgehead atoms. The lowest BCUT2D eigenvalue weighted by molar-refractivity contribution is 1.04. The Labute approximate surface area is 287 Å². The smallest absolute Gasteiger partial charge is 0.0540 e. The van der Waals surface area contributed by atoms with Crippen LogP contribution in [0.25, 0.3) is 34.2 Å². The minimum Gasteiger partial charge on any atom is -0.313 e. The summed E-state index contributed by atoms with van der Waals surface area (Å²) in [5, 5.41) is 6.96. The van der Waals surface area contributed by atoms with Crippen LogP contribution in [0.5, 0.6) is 0 Å². The van der Waals surface area contributed by atoms with Gasteiger partial charge in [0.15, 0.2) is 0 Å². The average Bonchev–Trinajstić information content (AvgIpc) is 3.16. The van der Waals surface area contributed by atoms with E-state index in [1.165, 1.54) is 38.5 Å². The predicted molar refractivity (Wildman–Crippen MR) is 210 cm³/mol. The third-order valence-corrected chi connectivity index (χ3v) is 9.18. The van der Waals surface area contributed by atoms with Crippen molar-refractivity contribution in [3.63, 3.8) is 0 Å². The molecular formula is C47H36N2. The first-order valence-corrected chi connectivity index (χ1v) is 16.8. The Morgan fingerprint density at radius 2 is 1.04 bits per heavy atom. The fourth-order valence-corrected chi connectivity index (χ4v) is 6.80. The number of fused-ring (bicyclic) bond motifs is 2. The first-order chi connectivity index (χ1) is 24.2. The highest BCUT2D eigenvalue weighted by molar-refractivity contribution is 5.99. The summed E-state index contributed by atoms with van der Waals surface area (Å²) < 4.78 is 0. The van der Waals surface area contributed by atoms with Crippen LogP contribution in [0.15, 0.2) is 199 Å². The van der Waals surface area contributed by atoms with Crippen LogP contribution < -0.4 is 20.2 Å². The first kappa shape index (κ1) is 30.0. The molecule has 0 spiro atoms. The Morgan fingerprint density at radius 1 is 0.490 bits per heavy atom. The monoisotopic (exact) mass is 628 g/mol. The van der Waals surface area contributed by atoms with Gasteiger partial charge in [0.1, 0.15) is 0 Å². The molecule has 0 aromatic heterocycles. The number of benzene rings is 7. The molecule has 2 nitrogen and oxygen atoms in total. The average molecular weight is 629 g/mol. The molecule has 0 radical (unpaired) electrons. The van der Waals surface area contributed by atoms with E-state index in [0.717, 1.165) is 39.6 Å². The fourth-order valence-electron chi connectivity index (χ4n) is 6.80. The van der Waals surface area contributed by atoms with Gasteiger partial charge in [0.2, 0.25) is 0 Å². The maximum absolute atomic E-state index is 4.41. The van der Waals surface area contributed by atoms with Gasteiger partial charge >= 0.3 is 0 Å². The SMILES string of the molecule is C=c1ccc(N(c2ccccc2)c2cccc3ccccc23)c/c1=C/C=C1\C=CC=C(N(c2ccccc2)c2cccc3ccccc23)C1. The van der Waals surface area contributed by atoms with E-state index in [-0.39, 0.29) is 0 Å². The van der Waals surface area contributed by atoms with E-state index in [9.17, 15) is 0 Å². The van der Waals surface area contributed by atoms with Crippen molar-refractivity contribution in [2.45, 2.75) is 6.42 Å². The lowest BCUT2D eigenvalue weighted by atomic mass is 10.00. The molecule has 0 atom stereocenters. The molecule has 234 valence electrons. The van der Waals surface area contributed by atoms with Crippen LogP contribution in [0.2, 0.25) is 0 Å². The minimum atomic E-state index is 0.795. The van der Waals surface area contributed by atoms with E-state index in [2.05, 4.69) is 211 Å². The normalized spacial score (nSPS) is 13.9. The molecule has 0 saturated carbocycles. The minimum absolute atomic E-state index is 0.795. The topological polar surface area (TPSA) is 6.48 Å². The lowest BCUT2D eigenvalue weighted by Crippen LogP contribution is -2.24. The van der Waals surface area contributed by atoms with Crippen LogP contribution in [-0.2, 0) is 0 Å². The number of anilines is 5. The molecule has 0 amide bonds. The van der Waals surface area contributed by atoms with E-state index >= 15 is 0 Å². The quantitative estimate of drug-likeness (QED) is 0.173. The second-order valence-corrected chi connectivity index (χ2v) is 12.3. The number of nitrogens with zero attached hydrogens (tertiary/aromatic N) is 2. The van der Waals surface area contributed by atoms with Crippen molar-refractivity contribution in [3.8, 4) is 0 Å². The van der Waals surface area contributed by atoms with E-state index in [0.29, 0.717) is 0 Å². The molecule has 2 heteroatoms. The molecule has 7 aromatic carbocycles. The summed E-state index contributed by atoms with van der Waals surface area (Å²) >= 11 is 0. The number of para-hydroxylation sites is 2. The van der Waals surface area contributed by atoms with Crippen LogP contribution >= 0.6 is 0 Å². The van der Waals surface area contributed by atoms with Gasteiger partial charge in [0, 0.05) is 40.0 Å². The highest BCUT2D eigenvalue weighted by Gasteiger charge is 2.19. The van der Waals surface area contributed by atoms with Gasteiger partial charge in [-0.25, -0.2) is 0 Å². The van der Waals surface area contributed by atoms with E-state index in [4.69, 9.17) is 0 Å². The molecule has 1 aliphatic rings. The van der Waals surface area contributed by atoms with Gasteiger partial charge in [-0.05, 0) is 81.4 Å². The molecule has 0 aliphatic heterocycles. The van der Waals surface area contributed by atoms with Crippen LogP contribution in [-0.4, -0.2) is 0 Å². The fraction of sp³-hybridized carbons (Fsp3) is 0.0213. The maximum atomic E-state index is 4.41. The van der Waals surface area contributed by atoms with E-state index in [1.807, 2.05) is 0 Å². The number of rotatable bonds is 7. The molecule has 0 fully saturated rings. The Morgan fingerprint density at radius 3 is 1.69 bits per heavy atom. The standard InChI is InChI=1S/C47H36N2/c1-35-29-32-43(49(41-22-6-3-7-23-41)47-28-14-19-38-17-9-11-26-45(38)47)34-39(35)31-30-36-15-12-24-42(33-36)48(40-20-4-2-5-21-40)46-27-13-18-37-16-8-10-25-44(37)46/h2-32,34H,1,33H2/b36-30+,39-31-. The molecular weight excluding hydrogens is 593 g/mol. The highest BCUT2D eigenvalue weighted by atomic mass is 15.2. The summed E-state index contributed by atoms with van der Waals surface area (Å²) in [6.07, 6.45) is 11.9. The summed E-state index contributed by atoms with van der Waals surface area (Å²) in [6.45, 7) is 4.41. The third kappa shape index (κ3) is 6.08. The second-order valence-electron chi connectivity index (χ2n) is 12.3. The van der Waals surface area contributed by atoms with Gasteiger partial charge in [0.05, 0.1) is 11.4 Å². The van der Waals surface area contributed by atoms with Crippen LogP contribution in [0.1, 0.15) is 6.42 Å². The van der Waals surface area contributed by atoms with Crippen LogP contribution in [0, 0.1) is 0 Å². The summed E-state index contributed by atoms with van der Waals surface area (Å²) in [7, 11) is 0. The Balaban J connectivity index is 1.18. The Bertz CT molecular complexity index is 2480. The lowest BCUT2D eigenvalue weighted by Gasteiger charge is -2.30. The van der Waals surface area contributed by atoms with E-state index in [1.54, 1.807) is 0 Å². The van der Waals surface area contributed by atoms with Crippen LogP contribution in [0.3, 0.4) is 0 Å². The molecule has 0 heterocycles. The van der Waals surface area contributed by atoms with Crippen molar-refractivity contribution in [2.75, 3.05) is 9.80 Å². The summed E-state index contributed by atoms with van der Waals surface area (Å²) in [4.78, 5) is 4.74. The van der Waals surface area contributed by atoms with Crippen LogP contribution in [0.4, 0.5) is 28.4 Å². The summed E-state index contributed by atoms with van der Waals surface area (Å²) in [5.74, 6) is 0. The van der Waals surface area contributed by atoms with Crippen molar-refractivity contribution < 1.29 is 0 Å². The second kappa shape index (κ2) is 13.4. The molecule has 8 rings (SSSR count). The molecule has 49 heavy (non-hydrogen) atoms. The maximum Gasteiger partial charge on any atom is 0.0540 e. The van der Waals surface area contributed by atoms with Gasteiger partial charge in [0.25, 0.3) is 0 Å². The summed E-state index contributed by atoms with van der Waals surface area (Å²) in [5.41, 5.74) is 8.12. The number of hydrogen-bond donors (Lipinski definition) is 0. The zero-order chi connectivity index (χ0) is 33.0. The highest BCUT2D eigenvalue weighted by Crippen LogP contribution is 2.39. The van der Waals surface area contributed by atoms with Crippen molar-refractivity contribution in [2.24, 2.45) is 0 Å². The predicted octanol–water partition coefficient (Wildman–Crippen LogP) is 11.3. The van der Waals surface area contributed by atoms with Gasteiger partial charge in [-0.3, -0.25) is 0 Å². The number of allylic oxidation sites excluding steroid dienone is 5. The van der Waals surface area contributed by atoms with Gasteiger partial charge in [-0.1, -0.05) is 146 Å². The molecule has 0 saturated heterocycles. The third-order valence-electron chi connectivity index (χ3n) is 9.18. The zero-order valence-corrected chi connectivity index (χ0v) is 27.3. The van der Waals surface area contributed by atoms with Crippen molar-refractivity contribution in [3.05, 3.63) is 210 Å². The largest absolute Gasteiger partial charge is 0.313 e. The van der Waals surface area contributed by atoms with Gasteiger partial charge in [-0.15, -0.1) is 0 Å².